The third-order valence-corrected chi connectivity index (χ3v) is 6.75. The lowest BCUT2D eigenvalue weighted by Crippen LogP contribution is -2.09. The van der Waals surface area contributed by atoms with Crippen LogP contribution in [0.3, 0.4) is 0 Å². The van der Waals surface area contributed by atoms with Crippen molar-refractivity contribution in [2.45, 2.75) is 19.2 Å². The fourth-order valence-corrected chi connectivity index (χ4v) is 5.68. The summed E-state index contributed by atoms with van der Waals surface area (Å²) in [6.07, 6.45) is 2.46. The van der Waals surface area contributed by atoms with Crippen LogP contribution in [0.1, 0.15) is 16.7 Å². The Morgan fingerprint density at radius 3 is 2.30 bits per heavy atom. The lowest BCUT2D eigenvalue weighted by atomic mass is 9.97. The molecule has 0 bridgehead atoms. The molecule has 0 amide bonds. The van der Waals surface area contributed by atoms with E-state index in [2.05, 4.69) is 67.6 Å². The van der Waals surface area contributed by atoms with E-state index in [0.717, 1.165) is 0 Å². The summed E-state index contributed by atoms with van der Waals surface area (Å²) in [6, 6.07) is 22.5. The molecule has 1 atom stereocenters. The van der Waals surface area contributed by atoms with Crippen molar-refractivity contribution < 1.29 is 0 Å². The summed E-state index contributed by atoms with van der Waals surface area (Å²) in [5.74, 6) is 0. The highest BCUT2D eigenvalue weighted by Crippen LogP contribution is 2.49. The second-order valence-electron chi connectivity index (χ2n) is 5.57. The number of aryl methyl sites for hydroxylation is 1. The van der Waals surface area contributed by atoms with Crippen LogP contribution in [0.2, 0.25) is 0 Å². The van der Waals surface area contributed by atoms with Crippen LogP contribution in [0.25, 0.3) is 10.8 Å². The molecule has 0 saturated carbocycles. The van der Waals surface area contributed by atoms with Crippen LogP contribution in [-0.4, -0.2) is 0 Å². The third-order valence-electron chi connectivity index (χ3n) is 4.27. The Hall–Kier alpha value is -1.65. The maximum atomic E-state index is 2.35. The summed E-state index contributed by atoms with van der Waals surface area (Å²) in [5, 5.41) is 4.51. The first-order chi connectivity index (χ1) is 9.83. The van der Waals surface area contributed by atoms with E-state index in [0.29, 0.717) is 0 Å². The highest BCUT2D eigenvalue weighted by molar-refractivity contribution is 7.64. The molecule has 20 heavy (non-hydrogen) atoms. The summed E-state index contributed by atoms with van der Waals surface area (Å²) in [6.45, 7) is 2.22. The molecule has 0 fully saturated rings. The van der Waals surface area contributed by atoms with E-state index in [9.17, 15) is 0 Å². The van der Waals surface area contributed by atoms with Crippen LogP contribution in [-0.2, 0) is 12.3 Å². The maximum absolute atomic E-state index is 2.35. The minimum absolute atomic E-state index is 0.0889. The fourth-order valence-electron chi connectivity index (χ4n) is 3.26. The average molecular weight is 276 g/mol. The zero-order chi connectivity index (χ0) is 13.5. The molecule has 98 valence electrons. The second-order valence-corrected chi connectivity index (χ2v) is 7.80. The molecule has 1 heterocycles. The van der Waals surface area contributed by atoms with Crippen LogP contribution in [0.5, 0.6) is 0 Å². The first-order valence-corrected chi connectivity index (χ1v) is 8.84. The van der Waals surface area contributed by atoms with E-state index in [1.54, 1.807) is 11.1 Å². The summed E-state index contributed by atoms with van der Waals surface area (Å²) >= 11 is 0. The van der Waals surface area contributed by atoms with Gasteiger partial charge in [0.2, 0.25) is 0 Å². The molecule has 3 aromatic rings. The van der Waals surface area contributed by atoms with Gasteiger partial charge in [-0.15, -0.1) is 0 Å². The average Bonchev–Trinajstić information content (AvgIpc) is 2.51. The van der Waals surface area contributed by atoms with Crippen LogP contribution in [0.4, 0.5) is 0 Å². The van der Waals surface area contributed by atoms with E-state index >= 15 is 0 Å². The van der Waals surface area contributed by atoms with Crippen molar-refractivity contribution in [3.05, 3.63) is 77.4 Å². The van der Waals surface area contributed by atoms with Crippen molar-refractivity contribution >= 4 is 24.0 Å². The summed E-state index contributed by atoms with van der Waals surface area (Å²) in [4.78, 5) is 0. The van der Waals surface area contributed by atoms with Gasteiger partial charge < -0.3 is 0 Å². The van der Waals surface area contributed by atoms with Crippen molar-refractivity contribution in [2.75, 3.05) is 0 Å². The van der Waals surface area contributed by atoms with Crippen LogP contribution in [0.15, 0.2) is 60.7 Å². The molecule has 3 aromatic carbocycles. The van der Waals surface area contributed by atoms with Gasteiger partial charge in [0, 0.05) is 0 Å². The Balaban J connectivity index is 1.87. The van der Waals surface area contributed by atoms with Gasteiger partial charge >= 0.3 is 0 Å². The predicted molar refractivity (Wildman–Crippen MR) is 89.1 cm³/mol. The lowest BCUT2D eigenvalue weighted by molar-refractivity contribution is 1.30. The SMILES string of the molecule is Cc1ccc2c3c(cccc13)CP(c1ccccc1)C2. The van der Waals surface area contributed by atoms with E-state index in [1.165, 1.54) is 34.0 Å². The zero-order valence-corrected chi connectivity index (χ0v) is 12.5. The van der Waals surface area contributed by atoms with Gasteiger partial charge in [0.25, 0.3) is 0 Å². The van der Waals surface area contributed by atoms with Crippen molar-refractivity contribution in [1.82, 2.24) is 0 Å². The highest BCUT2D eigenvalue weighted by Gasteiger charge is 2.21. The molecule has 1 aliphatic heterocycles. The maximum Gasteiger partial charge on any atom is -0.00235 e. The molecule has 0 spiro atoms. The molecule has 0 aliphatic carbocycles. The van der Waals surface area contributed by atoms with E-state index < -0.39 is 0 Å². The third kappa shape index (κ3) is 1.87. The fraction of sp³-hybridized carbons (Fsp3) is 0.158. The topological polar surface area (TPSA) is 0 Å². The number of benzene rings is 3. The molecule has 4 rings (SSSR count). The van der Waals surface area contributed by atoms with Gasteiger partial charge in [0.05, 0.1) is 0 Å². The van der Waals surface area contributed by atoms with Crippen molar-refractivity contribution in [2.24, 2.45) is 0 Å². The van der Waals surface area contributed by atoms with E-state index in [-0.39, 0.29) is 7.92 Å². The number of hydrogen-bond donors (Lipinski definition) is 0. The molecular formula is C19H17P. The number of rotatable bonds is 1. The van der Waals surface area contributed by atoms with Crippen molar-refractivity contribution in [1.29, 1.82) is 0 Å². The molecule has 0 nitrogen and oxygen atoms in total. The van der Waals surface area contributed by atoms with Crippen LogP contribution < -0.4 is 5.30 Å². The standard InChI is InChI=1S/C19H17P/c1-14-10-11-16-13-20(17-7-3-2-4-8-17)12-15-6-5-9-18(14)19(15)16/h2-11H,12-13H2,1H3. The summed E-state index contributed by atoms with van der Waals surface area (Å²) < 4.78 is 0. The van der Waals surface area contributed by atoms with Gasteiger partial charge in [0.15, 0.2) is 0 Å². The van der Waals surface area contributed by atoms with Crippen molar-refractivity contribution in [3.8, 4) is 0 Å². The van der Waals surface area contributed by atoms with Gasteiger partial charge in [-0.3, -0.25) is 0 Å². The Bertz CT molecular complexity index is 762. The van der Waals surface area contributed by atoms with Gasteiger partial charge in [-0.05, 0) is 52.0 Å². The molecule has 0 saturated heterocycles. The molecular weight excluding hydrogens is 259 g/mol. The van der Waals surface area contributed by atoms with Crippen molar-refractivity contribution in [3.63, 3.8) is 0 Å². The first kappa shape index (κ1) is 12.1. The van der Waals surface area contributed by atoms with Gasteiger partial charge in [-0.2, -0.15) is 0 Å². The Morgan fingerprint density at radius 1 is 0.750 bits per heavy atom. The minimum atomic E-state index is -0.0889. The first-order valence-electron chi connectivity index (χ1n) is 7.13. The summed E-state index contributed by atoms with van der Waals surface area (Å²) in [7, 11) is -0.0889. The zero-order valence-electron chi connectivity index (χ0n) is 11.6. The molecule has 1 unspecified atom stereocenters. The molecule has 0 radical (unpaired) electrons. The van der Waals surface area contributed by atoms with Gasteiger partial charge in [0.1, 0.15) is 0 Å². The largest absolute Gasteiger partial charge is 0.0663 e. The highest BCUT2D eigenvalue weighted by atomic mass is 31.1. The van der Waals surface area contributed by atoms with E-state index in [4.69, 9.17) is 0 Å². The smallest absolute Gasteiger partial charge is 0.00235 e. The molecule has 0 aromatic heterocycles. The normalized spacial score (nSPS) is 17.4. The lowest BCUT2D eigenvalue weighted by Gasteiger charge is -2.26. The monoisotopic (exact) mass is 276 g/mol. The molecule has 1 heteroatoms. The minimum Gasteiger partial charge on any atom is -0.0663 e. The van der Waals surface area contributed by atoms with Crippen LogP contribution in [0, 0.1) is 6.92 Å². The predicted octanol–water partition coefficient (Wildman–Crippen LogP) is 4.97. The Labute approximate surface area is 121 Å². The quantitative estimate of drug-likeness (QED) is 0.550. The summed E-state index contributed by atoms with van der Waals surface area (Å²) in [5.41, 5.74) is 4.49. The van der Waals surface area contributed by atoms with Crippen LogP contribution >= 0.6 is 7.92 Å². The van der Waals surface area contributed by atoms with Gasteiger partial charge in [-0.25, -0.2) is 0 Å². The Kier molecular flexibility index (Phi) is 2.86. The molecule has 1 aliphatic rings. The molecule has 0 N–H and O–H groups in total. The van der Waals surface area contributed by atoms with Gasteiger partial charge in [-0.1, -0.05) is 68.6 Å². The Morgan fingerprint density at radius 2 is 1.50 bits per heavy atom. The number of hydrogen-bond acceptors (Lipinski definition) is 0. The van der Waals surface area contributed by atoms with E-state index in [1.807, 2.05) is 0 Å². The second kappa shape index (κ2) is 4.72.